The Hall–Kier alpha value is -2.16. The van der Waals surface area contributed by atoms with Crippen LogP contribution in [0.15, 0.2) is 59.6 Å². The summed E-state index contributed by atoms with van der Waals surface area (Å²) in [6.07, 6.45) is 2.42. The van der Waals surface area contributed by atoms with E-state index in [1.807, 2.05) is 18.2 Å². The van der Waals surface area contributed by atoms with Gasteiger partial charge in [-0.1, -0.05) is 24.3 Å². The van der Waals surface area contributed by atoms with Crippen molar-refractivity contribution >= 4 is 37.5 Å². The lowest BCUT2D eigenvalue weighted by atomic mass is 10.1. The number of carbonyl (C=O) groups excluding carboxylic acids is 1. The second-order valence-electron chi connectivity index (χ2n) is 6.11. The van der Waals surface area contributed by atoms with Gasteiger partial charge >= 0.3 is 0 Å². The molecule has 0 heterocycles. The van der Waals surface area contributed by atoms with E-state index < -0.39 is 10.0 Å². The summed E-state index contributed by atoms with van der Waals surface area (Å²) >= 11 is 3.43. The molecule has 0 radical (unpaired) electrons. The van der Waals surface area contributed by atoms with Gasteiger partial charge in [0, 0.05) is 18.7 Å². The molecule has 0 bridgehead atoms. The summed E-state index contributed by atoms with van der Waals surface area (Å²) in [5.74, 6) is 0.511. The number of hydrogen-bond donors (Lipinski definition) is 2. The highest BCUT2D eigenvalue weighted by molar-refractivity contribution is 9.10. The van der Waals surface area contributed by atoms with E-state index in [1.54, 1.807) is 31.4 Å². The quantitative estimate of drug-likeness (QED) is 0.523. The number of nitrogens with one attached hydrogen (secondary N) is 2. The van der Waals surface area contributed by atoms with Crippen molar-refractivity contribution in [3.8, 4) is 5.75 Å². The molecule has 0 aliphatic rings. The molecule has 0 spiro atoms. The number of carbonyl (C=O) groups is 1. The Balaban J connectivity index is 1.87. The van der Waals surface area contributed by atoms with Crippen LogP contribution in [0, 0.1) is 0 Å². The zero-order valence-electron chi connectivity index (χ0n) is 15.6. The van der Waals surface area contributed by atoms with Crippen molar-refractivity contribution < 1.29 is 17.9 Å². The van der Waals surface area contributed by atoms with E-state index in [4.69, 9.17) is 4.74 Å². The molecule has 150 valence electrons. The standard InChI is InChI=1S/C20H23BrN2O4S/c1-3-12-22-28(25,26)14-16-4-8-17(9-5-16)23-20(24)11-7-15-6-10-19(27-2)18(21)13-15/h3-6,8-10,13,22H,1,7,11-12,14H2,2H3,(H,23,24). The first-order valence-electron chi connectivity index (χ1n) is 8.62. The molecule has 0 saturated carbocycles. The highest BCUT2D eigenvalue weighted by Crippen LogP contribution is 2.26. The van der Waals surface area contributed by atoms with Crippen LogP contribution < -0.4 is 14.8 Å². The normalized spacial score (nSPS) is 11.1. The zero-order valence-corrected chi connectivity index (χ0v) is 18.0. The predicted molar refractivity (Wildman–Crippen MR) is 115 cm³/mol. The molecule has 2 aromatic rings. The smallest absolute Gasteiger partial charge is 0.224 e. The van der Waals surface area contributed by atoms with Gasteiger partial charge in [0.2, 0.25) is 15.9 Å². The third kappa shape index (κ3) is 7.10. The van der Waals surface area contributed by atoms with Gasteiger partial charge in [-0.2, -0.15) is 0 Å². The number of benzene rings is 2. The first kappa shape index (κ1) is 22.1. The molecule has 6 nitrogen and oxygen atoms in total. The van der Waals surface area contributed by atoms with Gasteiger partial charge in [0.25, 0.3) is 0 Å². The third-order valence-electron chi connectivity index (χ3n) is 3.90. The van der Waals surface area contributed by atoms with Crippen LogP contribution in [-0.2, 0) is 27.0 Å². The van der Waals surface area contributed by atoms with Crippen LogP contribution >= 0.6 is 15.9 Å². The van der Waals surface area contributed by atoms with Gasteiger partial charge in [-0.3, -0.25) is 4.79 Å². The number of hydrogen-bond acceptors (Lipinski definition) is 4. The zero-order chi connectivity index (χ0) is 20.6. The average molecular weight is 467 g/mol. The lowest BCUT2D eigenvalue weighted by Crippen LogP contribution is -2.25. The van der Waals surface area contributed by atoms with Crippen LogP contribution in [0.2, 0.25) is 0 Å². The molecule has 0 unspecified atom stereocenters. The van der Waals surface area contributed by atoms with Gasteiger partial charge < -0.3 is 10.1 Å². The largest absolute Gasteiger partial charge is 0.496 e. The second-order valence-corrected chi connectivity index (χ2v) is 8.77. The number of methoxy groups -OCH3 is 1. The van der Waals surface area contributed by atoms with Gasteiger partial charge in [0.1, 0.15) is 5.75 Å². The van der Waals surface area contributed by atoms with Gasteiger partial charge in [-0.15, -0.1) is 6.58 Å². The summed E-state index contributed by atoms with van der Waals surface area (Å²) < 4.78 is 32.2. The minimum absolute atomic E-state index is 0.111. The average Bonchev–Trinajstić information content (AvgIpc) is 2.66. The Kier molecular flexibility index (Phi) is 8.22. The fourth-order valence-electron chi connectivity index (χ4n) is 2.49. The van der Waals surface area contributed by atoms with Crippen molar-refractivity contribution in [2.45, 2.75) is 18.6 Å². The highest BCUT2D eigenvalue weighted by Gasteiger charge is 2.11. The maximum absolute atomic E-state index is 12.2. The number of rotatable bonds is 10. The van der Waals surface area contributed by atoms with Crippen LogP contribution in [0.3, 0.4) is 0 Å². The fraction of sp³-hybridized carbons (Fsp3) is 0.250. The van der Waals surface area contributed by atoms with Crippen molar-refractivity contribution in [1.82, 2.24) is 4.72 Å². The number of halogens is 1. The molecule has 2 rings (SSSR count). The first-order valence-corrected chi connectivity index (χ1v) is 11.1. The second kappa shape index (κ2) is 10.4. The summed E-state index contributed by atoms with van der Waals surface area (Å²) in [5, 5.41) is 2.82. The topological polar surface area (TPSA) is 84.5 Å². The van der Waals surface area contributed by atoms with E-state index in [0.717, 1.165) is 15.8 Å². The molecule has 0 atom stereocenters. The van der Waals surface area contributed by atoms with Gasteiger partial charge in [-0.05, 0) is 57.7 Å². The van der Waals surface area contributed by atoms with Crippen LogP contribution in [-0.4, -0.2) is 28.0 Å². The molecule has 0 aliphatic carbocycles. The number of aryl methyl sites for hydroxylation is 1. The molecule has 8 heteroatoms. The van der Waals surface area contributed by atoms with Gasteiger partial charge in [0.15, 0.2) is 0 Å². The Morgan fingerprint density at radius 2 is 1.86 bits per heavy atom. The van der Waals surface area contributed by atoms with Gasteiger partial charge in [0.05, 0.1) is 17.3 Å². The molecule has 0 aliphatic heterocycles. The van der Waals surface area contributed by atoms with Crippen LogP contribution in [0.1, 0.15) is 17.5 Å². The molecule has 2 aromatic carbocycles. The van der Waals surface area contributed by atoms with E-state index >= 15 is 0 Å². The minimum Gasteiger partial charge on any atom is -0.496 e. The maximum atomic E-state index is 12.2. The van der Waals surface area contributed by atoms with Crippen LogP contribution in [0.4, 0.5) is 5.69 Å². The van der Waals surface area contributed by atoms with Crippen molar-refractivity contribution in [3.63, 3.8) is 0 Å². The maximum Gasteiger partial charge on any atom is 0.224 e. The Bertz CT molecular complexity index is 928. The Labute approximate surface area is 174 Å². The minimum atomic E-state index is -3.40. The lowest BCUT2D eigenvalue weighted by Gasteiger charge is -2.09. The Morgan fingerprint density at radius 1 is 1.18 bits per heavy atom. The summed E-state index contributed by atoms with van der Waals surface area (Å²) in [6.45, 7) is 3.68. The molecule has 0 saturated heterocycles. The molecule has 1 amide bonds. The van der Waals surface area contributed by atoms with E-state index in [9.17, 15) is 13.2 Å². The summed E-state index contributed by atoms with van der Waals surface area (Å²) in [5.41, 5.74) is 2.29. The lowest BCUT2D eigenvalue weighted by molar-refractivity contribution is -0.116. The van der Waals surface area contributed by atoms with Crippen molar-refractivity contribution in [1.29, 1.82) is 0 Å². The van der Waals surface area contributed by atoms with Crippen molar-refractivity contribution in [2.24, 2.45) is 0 Å². The number of sulfonamides is 1. The molecule has 0 fully saturated rings. The SMILES string of the molecule is C=CCNS(=O)(=O)Cc1ccc(NC(=O)CCc2ccc(OC)c(Br)c2)cc1. The number of ether oxygens (including phenoxy) is 1. The summed E-state index contributed by atoms with van der Waals surface area (Å²) in [6, 6.07) is 12.5. The van der Waals surface area contributed by atoms with E-state index in [1.165, 1.54) is 6.08 Å². The molecular weight excluding hydrogens is 444 g/mol. The summed E-state index contributed by atoms with van der Waals surface area (Å²) in [7, 11) is -1.80. The van der Waals surface area contributed by atoms with Gasteiger partial charge in [-0.25, -0.2) is 13.1 Å². The van der Waals surface area contributed by atoms with Crippen LogP contribution in [0.25, 0.3) is 0 Å². The third-order valence-corrected chi connectivity index (χ3v) is 5.84. The fourth-order valence-corrected chi connectivity index (χ4v) is 4.18. The van der Waals surface area contributed by atoms with E-state index in [-0.39, 0.29) is 18.2 Å². The molecular formula is C20H23BrN2O4S. The van der Waals surface area contributed by atoms with E-state index in [2.05, 4.69) is 32.5 Å². The number of amides is 1. The van der Waals surface area contributed by atoms with Crippen LogP contribution in [0.5, 0.6) is 5.75 Å². The molecule has 0 aromatic heterocycles. The first-order chi connectivity index (χ1) is 13.3. The molecule has 2 N–H and O–H groups in total. The monoisotopic (exact) mass is 466 g/mol. The van der Waals surface area contributed by atoms with Crippen molar-refractivity contribution in [2.75, 3.05) is 19.0 Å². The Morgan fingerprint density at radius 3 is 2.46 bits per heavy atom. The number of anilines is 1. The highest BCUT2D eigenvalue weighted by atomic mass is 79.9. The predicted octanol–water partition coefficient (Wildman–Crippen LogP) is 3.63. The van der Waals surface area contributed by atoms with Crippen molar-refractivity contribution in [3.05, 3.63) is 70.7 Å². The summed E-state index contributed by atoms with van der Waals surface area (Å²) in [4.78, 5) is 12.2. The van der Waals surface area contributed by atoms with E-state index in [0.29, 0.717) is 24.1 Å². The molecule has 28 heavy (non-hydrogen) atoms.